The first-order valence-corrected chi connectivity index (χ1v) is 12.3. The van der Waals surface area contributed by atoms with Crippen LogP contribution in [0.1, 0.15) is 65.0 Å². The van der Waals surface area contributed by atoms with Crippen molar-refractivity contribution in [1.82, 2.24) is 5.32 Å². The summed E-state index contributed by atoms with van der Waals surface area (Å²) >= 11 is 12.7. The van der Waals surface area contributed by atoms with Crippen LogP contribution in [0.25, 0.3) is 0 Å². The number of nitrogens with two attached hydrogens (primary N) is 1. The maximum atomic E-state index is 15.5. The van der Waals surface area contributed by atoms with Crippen molar-refractivity contribution in [3.05, 3.63) is 69.5 Å². The first-order chi connectivity index (χ1) is 15.7. The Balaban J connectivity index is 2.32. The van der Waals surface area contributed by atoms with Crippen LogP contribution >= 0.6 is 23.2 Å². The zero-order chi connectivity index (χ0) is 25.5. The van der Waals surface area contributed by atoms with E-state index in [2.05, 4.69) is 26.1 Å². The second-order valence-electron chi connectivity index (χ2n) is 11.4. The smallest absolute Gasteiger partial charge is 0.324 e. The minimum atomic E-state index is -0.978. The molecule has 0 amide bonds. The third-order valence-electron chi connectivity index (χ3n) is 6.34. The van der Waals surface area contributed by atoms with Gasteiger partial charge in [-0.15, -0.1) is 0 Å². The highest BCUT2D eigenvalue weighted by Crippen LogP contribution is 2.52. The second kappa shape index (κ2) is 9.77. The van der Waals surface area contributed by atoms with Crippen molar-refractivity contribution in [2.45, 2.75) is 77.0 Å². The van der Waals surface area contributed by atoms with E-state index >= 15 is 4.39 Å². The zero-order valence-electron chi connectivity index (χ0n) is 20.7. The monoisotopic (exact) mass is 508 g/mol. The summed E-state index contributed by atoms with van der Waals surface area (Å²) in [6.45, 7) is 11.9. The summed E-state index contributed by atoms with van der Waals surface area (Å²) in [4.78, 5) is 13.5. The number of hydrogen-bond donors (Lipinski definition) is 2. The molecule has 0 saturated carbocycles. The van der Waals surface area contributed by atoms with Crippen LogP contribution in [-0.4, -0.2) is 30.2 Å². The van der Waals surface area contributed by atoms with Gasteiger partial charge in [0.15, 0.2) is 0 Å². The van der Waals surface area contributed by atoms with Crippen molar-refractivity contribution >= 4 is 29.2 Å². The molecule has 0 unspecified atom stereocenters. The standard InChI is InChI=1S/C27H35Cl2FN2O2/c1-25(2,3)14-21-27(15-31,19-13-18(29)10-11-20(19)30)22(16-8-7-9-17(28)12-16)23(32-21)24(33)34-26(4,5)6/h7-13,21-23,32H,14-15,31H2,1-6H3/t21-,22+,23+,27-/m0/s1. The van der Waals surface area contributed by atoms with Crippen LogP contribution in [-0.2, 0) is 14.9 Å². The molecule has 1 heterocycles. The zero-order valence-corrected chi connectivity index (χ0v) is 22.2. The molecule has 0 spiro atoms. The largest absolute Gasteiger partial charge is 0.459 e. The van der Waals surface area contributed by atoms with Gasteiger partial charge in [0.2, 0.25) is 0 Å². The predicted octanol–water partition coefficient (Wildman–Crippen LogP) is 6.23. The molecule has 1 fully saturated rings. The van der Waals surface area contributed by atoms with Crippen molar-refractivity contribution in [2.75, 3.05) is 6.54 Å². The van der Waals surface area contributed by atoms with Gasteiger partial charge in [-0.3, -0.25) is 4.79 Å². The lowest BCUT2D eigenvalue weighted by Gasteiger charge is -2.42. The van der Waals surface area contributed by atoms with Crippen LogP contribution in [0.3, 0.4) is 0 Å². The van der Waals surface area contributed by atoms with E-state index in [0.717, 1.165) is 5.56 Å². The molecule has 7 heteroatoms. The summed E-state index contributed by atoms with van der Waals surface area (Å²) in [6, 6.07) is 10.8. The summed E-state index contributed by atoms with van der Waals surface area (Å²) in [7, 11) is 0. The molecule has 3 rings (SSSR count). The van der Waals surface area contributed by atoms with Gasteiger partial charge in [0.1, 0.15) is 17.5 Å². The Kier molecular flexibility index (Phi) is 7.74. The third kappa shape index (κ3) is 5.59. The third-order valence-corrected chi connectivity index (χ3v) is 6.81. The Hall–Kier alpha value is -1.66. The number of ether oxygens (including phenoxy) is 1. The fraction of sp³-hybridized carbons (Fsp3) is 0.519. The minimum absolute atomic E-state index is 0.0918. The average Bonchev–Trinajstić information content (AvgIpc) is 3.02. The highest BCUT2D eigenvalue weighted by atomic mass is 35.5. The first-order valence-electron chi connectivity index (χ1n) is 11.6. The Morgan fingerprint density at radius 3 is 2.29 bits per heavy atom. The molecule has 2 aromatic rings. The Morgan fingerprint density at radius 1 is 1.09 bits per heavy atom. The Labute approximate surface area is 212 Å². The lowest BCUT2D eigenvalue weighted by molar-refractivity contribution is -0.157. The molecule has 0 bridgehead atoms. The fourth-order valence-electron chi connectivity index (χ4n) is 5.18. The highest BCUT2D eigenvalue weighted by molar-refractivity contribution is 6.31. The van der Waals surface area contributed by atoms with Gasteiger partial charge in [-0.25, -0.2) is 4.39 Å². The summed E-state index contributed by atoms with van der Waals surface area (Å²) in [5, 5.41) is 4.45. The number of halogens is 3. The van der Waals surface area contributed by atoms with Gasteiger partial charge in [0.25, 0.3) is 0 Å². The summed E-state index contributed by atoms with van der Waals surface area (Å²) in [6.07, 6.45) is 0.645. The van der Waals surface area contributed by atoms with E-state index in [0.29, 0.717) is 22.0 Å². The lowest BCUT2D eigenvalue weighted by Crippen LogP contribution is -2.50. The number of carbonyl (C=O) groups excluding carboxylic acids is 1. The SMILES string of the molecule is CC(C)(C)C[C@@H]1N[C@@H](C(=O)OC(C)(C)C)[C@@H](c2cccc(Cl)c2)[C@@]1(CN)c1cc(Cl)ccc1F. The van der Waals surface area contributed by atoms with Crippen LogP contribution < -0.4 is 11.1 Å². The van der Waals surface area contributed by atoms with E-state index in [1.165, 1.54) is 12.1 Å². The molecule has 0 radical (unpaired) electrons. The molecular weight excluding hydrogens is 474 g/mol. The van der Waals surface area contributed by atoms with Crippen molar-refractivity contribution in [3.8, 4) is 0 Å². The number of carbonyl (C=O) groups is 1. The van der Waals surface area contributed by atoms with E-state index in [9.17, 15) is 4.79 Å². The quantitative estimate of drug-likeness (QED) is 0.469. The first kappa shape index (κ1) is 26.9. The van der Waals surface area contributed by atoms with Crippen LogP contribution in [0.4, 0.5) is 4.39 Å². The van der Waals surface area contributed by atoms with Gasteiger partial charge in [-0.1, -0.05) is 56.1 Å². The Bertz CT molecular complexity index is 1050. The summed E-state index contributed by atoms with van der Waals surface area (Å²) < 4.78 is 21.4. The van der Waals surface area contributed by atoms with Crippen LogP contribution in [0.2, 0.25) is 10.0 Å². The molecule has 0 aliphatic carbocycles. The maximum absolute atomic E-state index is 15.5. The van der Waals surface area contributed by atoms with Crippen molar-refractivity contribution in [2.24, 2.45) is 11.1 Å². The molecule has 2 aromatic carbocycles. The number of nitrogens with one attached hydrogen (secondary N) is 1. The summed E-state index contributed by atoms with van der Waals surface area (Å²) in [5.74, 6) is -1.35. The van der Waals surface area contributed by atoms with Gasteiger partial charge >= 0.3 is 5.97 Å². The van der Waals surface area contributed by atoms with Gasteiger partial charge in [0, 0.05) is 34.0 Å². The molecule has 1 aliphatic heterocycles. The molecule has 4 atom stereocenters. The van der Waals surface area contributed by atoms with Gasteiger partial charge < -0.3 is 15.8 Å². The molecule has 1 aliphatic rings. The average molecular weight is 509 g/mol. The van der Waals surface area contributed by atoms with Crippen LogP contribution in [0.15, 0.2) is 42.5 Å². The van der Waals surface area contributed by atoms with E-state index in [1.807, 2.05) is 39.0 Å². The second-order valence-corrected chi connectivity index (χ2v) is 12.3. The molecule has 34 heavy (non-hydrogen) atoms. The lowest BCUT2D eigenvalue weighted by atomic mass is 9.62. The van der Waals surface area contributed by atoms with Crippen molar-refractivity contribution in [1.29, 1.82) is 0 Å². The van der Waals surface area contributed by atoms with E-state index in [-0.39, 0.29) is 18.0 Å². The van der Waals surface area contributed by atoms with Gasteiger partial charge in [-0.2, -0.15) is 0 Å². The summed E-state index contributed by atoms with van der Waals surface area (Å²) in [5.41, 5.74) is 5.93. The van der Waals surface area contributed by atoms with Crippen LogP contribution in [0.5, 0.6) is 0 Å². The molecule has 3 N–H and O–H groups in total. The van der Waals surface area contributed by atoms with Crippen molar-refractivity contribution in [3.63, 3.8) is 0 Å². The Morgan fingerprint density at radius 2 is 1.74 bits per heavy atom. The predicted molar refractivity (Wildman–Crippen MR) is 137 cm³/mol. The number of esters is 1. The maximum Gasteiger partial charge on any atom is 0.324 e. The molecule has 4 nitrogen and oxygen atoms in total. The number of benzene rings is 2. The number of rotatable bonds is 5. The number of hydrogen-bond acceptors (Lipinski definition) is 4. The minimum Gasteiger partial charge on any atom is -0.459 e. The van der Waals surface area contributed by atoms with Crippen LogP contribution in [0, 0.1) is 11.2 Å². The molecular formula is C27H35Cl2FN2O2. The fourth-order valence-corrected chi connectivity index (χ4v) is 5.55. The van der Waals surface area contributed by atoms with Gasteiger partial charge in [0.05, 0.1) is 0 Å². The normalized spacial score (nSPS) is 25.4. The van der Waals surface area contributed by atoms with E-state index in [1.54, 1.807) is 12.1 Å². The van der Waals surface area contributed by atoms with Gasteiger partial charge in [-0.05, 0) is 74.1 Å². The molecule has 0 aromatic heterocycles. The molecule has 1 saturated heterocycles. The van der Waals surface area contributed by atoms with E-state index < -0.39 is 34.8 Å². The topological polar surface area (TPSA) is 64.3 Å². The van der Waals surface area contributed by atoms with E-state index in [4.69, 9.17) is 33.7 Å². The molecule has 186 valence electrons. The highest BCUT2D eigenvalue weighted by Gasteiger charge is 2.59. The van der Waals surface area contributed by atoms with Crippen molar-refractivity contribution < 1.29 is 13.9 Å².